The molecule has 1 aromatic carbocycles. The van der Waals surface area contributed by atoms with Crippen LogP contribution in [0.3, 0.4) is 0 Å². The number of ether oxygens (including phenoxy) is 1. The summed E-state index contributed by atoms with van der Waals surface area (Å²) in [6.45, 7) is 5.28. The zero-order chi connectivity index (χ0) is 21.6. The number of nitrogens with zero attached hydrogens (tertiary/aromatic N) is 5. The number of likely N-dealkylation sites (tertiary alicyclic amines) is 1. The van der Waals surface area contributed by atoms with E-state index in [1.807, 2.05) is 30.1 Å². The average molecular weight is 550 g/mol. The molecule has 32 heavy (non-hydrogen) atoms. The van der Waals surface area contributed by atoms with E-state index in [1.54, 1.807) is 18.3 Å². The Morgan fingerprint density at radius 3 is 2.81 bits per heavy atom. The number of hydrogen-bond acceptors (Lipinski definition) is 4. The van der Waals surface area contributed by atoms with Gasteiger partial charge in [0.2, 0.25) is 5.88 Å². The molecule has 1 fully saturated rings. The Bertz CT molecular complexity index is 1040. The summed E-state index contributed by atoms with van der Waals surface area (Å²) in [5.74, 6) is 2.08. The van der Waals surface area contributed by atoms with Gasteiger partial charge in [-0.15, -0.1) is 24.0 Å². The number of rotatable bonds is 6. The molecule has 1 N–H and O–H groups in total. The number of pyridine rings is 1. The Kier molecular flexibility index (Phi) is 8.43. The van der Waals surface area contributed by atoms with Gasteiger partial charge >= 0.3 is 0 Å². The lowest BCUT2D eigenvalue weighted by molar-refractivity contribution is 0.460. The molecule has 170 valence electrons. The first-order valence-corrected chi connectivity index (χ1v) is 10.5. The van der Waals surface area contributed by atoms with Gasteiger partial charge in [-0.2, -0.15) is 5.10 Å². The van der Waals surface area contributed by atoms with Crippen molar-refractivity contribution in [2.24, 2.45) is 12.0 Å². The van der Waals surface area contributed by atoms with Crippen LogP contribution in [0, 0.1) is 5.82 Å². The van der Waals surface area contributed by atoms with Crippen LogP contribution in [0.15, 0.2) is 60.0 Å². The third-order valence-corrected chi connectivity index (χ3v) is 5.27. The Morgan fingerprint density at radius 1 is 1.28 bits per heavy atom. The van der Waals surface area contributed by atoms with Gasteiger partial charge in [0, 0.05) is 51.1 Å². The Balaban J connectivity index is 0.00000289. The summed E-state index contributed by atoms with van der Waals surface area (Å²) in [5.41, 5.74) is 2.27. The lowest BCUT2D eigenvalue weighted by atomic mass is 10.0. The van der Waals surface area contributed by atoms with Gasteiger partial charge in [-0.25, -0.2) is 14.4 Å². The average Bonchev–Trinajstić information content (AvgIpc) is 3.42. The Hall–Kier alpha value is -2.69. The minimum atomic E-state index is -0.299. The zero-order valence-electron chi connectivity index (χ0n) is 18.2. The smallest absolute Gasteiger partial charge is 0.219 e. The van der Waals surface area contributed by atoms with Crippen LogP contribution in [-0.2, 0) is 13.6 Å². The van der Waals surface area contributed by atoms with E-state index in [2.05, 4.69) is 33.4 Å². The molecule has 9 heteroatoms. The fraction of sp³-hybridized carbons (Fsp3) is 0.348. The number of halogens is 2. The van der Waals surface area contributed by atoms with Crippen LogP contribution in [0.5, 0.6) is 11.6 Å². The van der Waals surface area contributed by atoms with Gasteiger partial charge in [-0.1, -0.05) is 0 Å². The van der Waals surface area contributed by atoms with E-state index < -0.39 is 0 Å². The van der Waals surface area contributed by atoms with Crippen LogP contribution in [-0.4, -0.2) is 45.3 Å². The van der Waals surface area contributed by atoms with E-state index in [-0.39, 0.29) is 29.8 Å². The van der Waals surface area contributed by atoms with Crippen LogP contribution >= 0.6 is 24.0 Å². The molecule has 0 aliphatic carbocycles. The van der Waals surface area contributed by atoms with E-state index in [9.17, 15) is 4.39 Å². The lowest BCUT2D eigenvalue weighted by Crippen LogP contribution is -2.40. The molecule has 1 aliphatic rings. The van der Waals surface area contributed by atoms with Crippen molar-refractivity contribution in [2.75, 3.05) is 19.6 Å². The third kappa shape index (κ3) is 6.18. The topological polar surface area (TPSA) is 67.6 Å². The molecule has 0 bridgehead atoms. The number of benzene rings is 1. The highest BCUT2D eigenvalue weighted by atomic mass is 127. The Labute approximate surface area is 204 Å². The van der Waals surface area contributed by atoms with Crippen molar-refractivity contribution in [1.29, 1.82) is 0 Å². The number of aliphatic imine (C=N–C) groups is 1. The third-order valence-electron chi connectivity index (χ3n) is 5.27. The summed E-state index contributed by atoms with van der Waals surface area (Å²) >= 11 is 0. The van der Waals surface area contributed by atoms with E-state index in [1.165, 1.54) is 17.7 Å². The van der Waals surface area contributed by atoms with Gasteiger partial charge in [0.1, 0.15) is 11.6 Å². The SMILES string of the molecule is CCNC(=NCc1ccnc(Oc2ccc(F)cc2)c1)N1CCC(c2cnn(C)c2)C1.I. The van der Waals surface area contributed by atoms with Gasteiger partial charge in [0.25, 0.3) is 0 Å². The number of aryl methyl sites for hydroxylation is 1. The van der Waals surface area contributed by atoms with Gasteiger partial charge < -0.3 is 15.0 Å². The molecule has 7 nitrogen and oxygen atoms in total. The first-order valence-electron chi connectivity index (χ1n) is 10.5. The molecule has 0 spiro atoms. The molecule has 0 radical (unpaired) electrons. The summed E-state index contributed by atoms with van der Waals surface area (Å²) in [4.78, 5) is 11.4. The molecule has 0 amide bonds. The highest BCUT2D eigenvalue weighted by Crippen LogP contribution is 2.27. The van der Waals surface area contributed by atoms with Crippen molar-refractivity contribution in [3.05, 3.63) is 71.9 Å². The highest BCUT2D eigenvalue weighted by Gasteiger charge is 2.26. The normalized spacial score (nSPS) is 16.0. The van der Waals surface area contributed by atoms with E-state index in [0.29, 0.717) is 24.1 Å². The van der Waals surface area contributed by atoms with Crippen LogP contribution in [0.25, 0.3) is 0 Å². The number of nitrogens with one attached hydrogen (secondary N) is 1. The molecule has 1 unspecified atom stereocenters. The van der Waals surface area contributed by atoms with E-state index in [4.69, 9.17) is 9.73 Å². The van der Waals surface area contributed by atoms with Crippen LogP contribution in [0.4, 0.5) is 4.39 Å². The lowest BCUT2D eigenvalue weighted by Gasteiger charge is -2.21. The zero-order valence-corrected chi connectivity index (χ0v) is 20.6. The van der Waals surface area contributed by atoms with Crippen LogP contribution in [0.2, 0.25) is 0 Å². The van der Waals surface area contributed by atoms with Crippen molar-refractivity contribution in [1.82, 2.24) is 25.0 Å². The van der Waals surface area contributed by atoms with E-state index >= 15 is 0 Å². The van der Waals surface area contributed by atoms with Gasteiger partial charge in [0.05, 0.1) is 12.7 Å². The minimum absolute atomic E-state index is 0. The maximum atomic E-state index is 13.1. The molecule has 2 aromatic heterocycles. The molecule has 1 atom stereocenters. The summed E-state index contributed by atoms with van der Waals surface area (Å²) in [6.07, 6.45) is 6.83. The summed E-state index contributed by atoms with van der Waals surface area (Å²) < 4.78 is 20.7. The van der Waals surface area contributed by atoms with Crippen molar-refractivity contribution >= 4 is 29.9 Å². The van der Waals surface area contributed by atoms with Crippen molar-refractivity contribution < 1.29 is 9.13 Å². The van der Waals surface area contributed by atoms with Crippen LogP contribution < -0.4 is 10.1 Å². The monoisotopic (exact) mass is 550 g/mol. The first kappa shape index (κ1) is 24.0. The summed E-state index contributed by atoms with van der Waals surface area (Å²) in [6, 6.07) is 9.67. The first-order chi connectivity index (χ1) is 15.1. The molecule has 3 aromatic rings. The highest BCUT2D eigenvalue weighted by molar-refractivity contribution is 14.0. The molecule has 3 heterocycles. The molecule has 0 saturated carbocycles. The van der Waals surface area contributed by atoms with Gasteiger partial charge in [-0.05, 0) is 54.8 Å². The molecule has 4 rings (SSSR count). The number of guanidine groups is 1. The predicted molar refractivity (Wildman–Crippen MR) is 133 cm³/mol. The second-order valence-electron chi connectivity index (χ2n) is 7.61. The molecule has 1 aliphatic heterocycles. The van der Waals surface area contributed by atoms with Gasteiger partial charge in [0.15, 0.2) is 5.96 Å². The number of hydrogen-bond donors (Lipinski definition) is 1. The largest absolute Gasteiger partial charge is 0.439 e. The standard InChI is InChI=1S/C23H27FN6O.HI/c1-3-25-23(30-11-9-18(16-30)19-14-28-29(2)15-19)27-13-17-8-10-26-22(12-17)31-21-6-4-20(24)5-7-21;/h4-8,10,12,14-15,18H,3,9,11,13,16H2,1-2H3,(H,25,27);1H. The second-order valence-corrected chi connectivity index (χ2v) is 7.61. The predicted octanol–water partition coefficient (Wildman–Crippen LogP) is 4.32. The summed E-state index contributed by atoms with van der Waals surface area (Å²) in [7, 11) is 1.95. The fourth-order valence-electron chi connectivity index (χ4n) is 3.70. The maximum absolute atomic E-state index is 13.1. The van der Waals surface area contributed by atoms with Crippen LogP contribution in [0.1, 0.15) is 30.4 Å². The Morgan fingerprint density at radius 2 is 2.09 bits per heavy atom. The van der Waals surface area contributed by atoms with Crippen molar-refractivity contribution in [3.63, 3.8) is 0 Å². The minimum Gasteiger partial charge on any atom is -0.439 e. The van der Waals surface area contributed by atoms with Gasteiger partial charge in [-0.3, -0.25) is 4.68 Å². The van der Waals surface area contributed by atoms with E-state index in [0.717, 1.165) is 37.6 Å². The molecular weight excluding hydrogens is 522 g/mol. The number of aromatic nitrogens is 3. The fourth-order valence-corrected chi connectivity index (χ4v) is 3.70. The summed E-state index contributed by atoms with van der Waals surface area (Å²) in [5, 5.41) is 7.71. The maximum Gasteiger partial charge on any atom is 0.219 e. The molecule has 1 saturated heterocycles. The molecular formula is C23H28FIN6O. The van der Waals surface area contributed by atoms with Crippen molar-refractivity contribution in [3.8, 4) is 11.6 Å². The quantitative estimate of drug-likeness (QED) is 0.282. The van der Waals surface area contributed by atoms with Crippen molar-refractivity contribution in [2.45, 2.75) is 25.8 Å². The second kappa shape index (κ2) is 11.3.